The Bertz CT molecular complexity index is 884. The highest BCUT2D eigenvalue weighted by atomic mass is 16.4. The van der Waals surface area contributed by atoms with Gasteiger partial charge in [0.2, 0.25) is 0 Å². The van der Waals surface area contributed by atoms with E-state index in [1.54, 1.807) is 0 Å². The largest absolute Gasteiger partial charge is 0.481 e. The van der Waals surface area contributed by atoms with Gasteiger partial charge in [-0.2, -0.15) is 0 Å². The summed E-state index contributed by atoms with van der Waals surface area (Å²) in [6.07, 6.45) is 0.00592. The first-order valence-electron chi connectivity index (χ1n) is 7.62. The molecule has 3 aromatic rings. The molecule has 0 aliphatic heterocycles. The number of carboxylic acid groups (broad SMARTS) is 1. The third-order valence-electron chi connectivity index (χ3n) is 4.19. The van der Waals surface area contributed by atoms with Crippen LogP contribution in [0.4, 0.5) is 11.4 Å². The number of anilines is 2. The summed E-state index contributed by atoms with van der Waals surface area (Å²) in [6, 6.07) is 18.0. The molecule has 116 valence electrons. The second kappa shape index (κ2) is 6.13. The number of hydrogen-bond donors (Lipinski definition) is 2. The first-order chi connectivity index (χ1) is 11.1. The number of nitrogens with one attached hydrogen (secondary N) is 1. The molecule has 3 rings (SSSR count). The van der Waals surface area contributed by atoms with Crippen LogP contribution in [0.25, 0.3) is 10.8 Å². The summed E-state index contributed by atoms with van der Waals surface area (Å²) in [7, 11) is 0. The molecule has 3 heteroatoms. The van der Waals surface area contributed by atoms with Gasteiger partial charge in [-0.1, -0.05) is 48.5 Å². The summed E-state index contributed by atoms with van der Waals surface area (Å²) in [5, 5.41) is 14.9. The van der Waals surface area contributed by atoms with E-state index in [1.807, 2.05) is 36.4 Å². The Balaban J connectivity index is 2.12. The number of fused-ring (bicyclic) bond motifs is 1. The van der Waals surface area contributed by atoms with Crippen LogP contribution in [0.5, 0.6) is 0 Å². The Kier molecular flexibility index (Phi) is 4.02. The Labute approximate surface area is 135 Å². The van der Waals surface area contributed by atoms with E-state index in [2.05, 4.69) is 37.4 Å². The molecule has 0 fully saturated rings. The SMILES string of the molecule is Cc1cc2ccccc2c(Nc2ccccc2CC(=O)O)c1C. The topological polar surface area (TPSA) is 49.3 Å². The summed E-state index contributed by atoms with van der Waals surface area (Å²) in [5.74, 6) is -0.829. The van der Waals surface area contributed by atoms with E-state index < -0.39 is 5.97 Å². The van der Waals surface area contributed by atoms with E-state index in [4.69, 9.17) is 5.11 Å². The molecular formula is C20H19NO2. The molecule has 2 N–H and O–H groups in total. The second-order valence-corrected chi connectivity index (χ2v) is 5.77. The van der Waals surface area contributed by atoms with Crippen molar-refractivity contribution in [3.8, 4) is 0 Å². The van der Waals surface area contributed by atoms with Crippen LogP contribution in [-0.4, -0.2) is 11.1 Å². The monoisotopic (exact) mass is 305 g/mol. The van der Waals surface area contributed by atoms with Crippen LogP contribution in [0, 0.1) is 13.8 Å². The third kappa shape index (κ3) is 3.04. The summed E-state index contributed by atoms with van der Waals surface area (Å²) >= 11 is 0. The van der Waals surface area contributed by atoms with Gasteiger partial charge in [0.1, 0.15) is 0 Å². The Hall–Kier alpha value is -2.81. The minimum absolute atomic E-state index is 0.00592. The number of carboxylic acids is 1. The van der Waals surface area contributed by atoms with Gasteiger partial charge in [0.05, 0.1) is 6.42 Å². The van der Waals surface area contributed by atoms with Crippen molar-refractivity contribution in [1.29, 1.82) is 0 Å². The standard InChI is InChI=1S/C20H19NO2/c1-13-11-15-7-3-5-9-17(15)20(14(13)2)21-18-10-6-4-8-16(18)12-19(22)23/h3-11,21H,12H2,1-2H3,(H,22,23). The number of benzene rings is 3. The lowest BCUT2D eigenvalue weighted by Gasteiger charge is -2.17. The van der Waals surface area contributed by atoms with Gasteiger partial charge in [0.25, 0.3) is 0 Å². The summed E-state index contributed by atoms with van der Waals surface area (Å²) in [6.45, 7) is 4.18. The Morgan fingerprint density at radius 1 is 1.04 bits per heavy atom. The molecule has 0 aromatic heterocycles. The molecule has 0 heterocycles. The normalized spacial score (nSPS) is 10.7. The van der Waals surface area contributed by atoms with Crippen LogP contribution < -0.4 is 5.32 Å². The Morgan fingerprint density at radius 3 is 2.52 bits per heavy atom. The molecule has 0 atom stereocenters. The molecule has 0 bridgehead atoms. The molecule has 0 amide bonds. The van der Waals surface area contributed by atoms with Crippen LogP contribution in [0.2, 0.25) is 0 Å². The second-order valence-electron chi connectivity index (χ2n) is 5.77. The molecule has 23 heavy (non-hydrogen) atoms. The highest BCUT2D eigenvalue weighted by molar-refractivity contribution is 5.98. The molecule has 0 unspecified atom stereocenters. The highest BCUT2D eigenvalue weighted by Crippen LogP contribution is 2.33. The maximum Gasteiger partial charge on any atom is 0.307 e. The van der Waals surface area contributed by atoms with Gasteiger partial charge in [-0.3, -0.25) is 4.79 Å². The number of aliphatic carboxylic acids is 1. The first kappa shape index (κ1) is 15.1. The number of para-hydroxylation sites is 1. The van der Waals surface area contributed by atoms with Crippen molar-refractivity contribution < 1.29 is 9.90 Å². The first-order valence-corrected chi connectivity index (χ1v) is 7.62. The van der Waals surface area contributed by atoms with Crippen LogP contribution in [-0.2, 0) is 11.2 Å². The van der Waals surface area contributed by atoms with E-state index in [9.17, 15) is 4.79 Å². The lowest BCUT2D eigenvalue weighted by atomic mass is 9.99. The zero-order valence-corrected chi connectivity index (χ0v) is 13.3. The zero-order valence-electron chi connectivity index (χ0n) is 13.3. The lowest BCUT2D eigenvalue weighted by Crippen LogP contribution is -2.04. The maximum absolute atomic E-state index is 11.1. The predicted octanol–water partition coefficient (Wildman–Crippen LogP) is 4.83. The fraction of sp³-hybridized carbons (Fsp3) is 0.150. The predicted molar refractivity (Wildman–Crippen MR) is 94.5 cm³/mol. The van der Waals surface area contributed by atoms with Crippen molar-refractivity contribution in [2.75, 3.05) is 5.32 Å². The number of carbonyl (C=O) groups is 1. The molecule has 0 saturated heterocycles. The molecule has 3 aromatic carbocycles. The van der Waals surface area contributed by atoms with Gasteiger partial charge in [-0.05, 0) is 42.0 Å². The summed E-state index contributed by atoms with van der Waals surface area (Å²) in [5.41, 5.74) is 5.05. The molecule has 0 radical (unpaired) electrons. The van der Waals surface area contributed by atoms with Gasteiger partial charge < -0.3 is 10.4 Å². The minimum Gasteiger partial charge on any atom is -0.481 e. The quantitative estimate of drug-likeness (QED) is 0.726. The van der Waals surface area contributed by atoms with Crippen LogP contribution in [0.1, 0.15) is 16.7 Å². The molecule has 0 saturated carbocycles. The van der Waals surface area contributed by atoms with E-state index in [0.29, 0.717) is 0 Å². The minimum atomic E-state index is -0.829. The Morgan fingerprint density at radius 2 is 1.74 bits per heavy atom. The van der Waals surface area contributed by atoms with Crippen molar-refractivity contribution in [2.45, 2.75) is 20.3 Å². The molecular weight excluding hydrogens is 286 g/mol. The van der Waals surface area contributed by atoms with Crippen LogP contribution >= 0.6 is 0 Å². The van der Waals surface area contributed by atoms with E-state index >= 15 is 0 Å². The van der Waals surface area contributed by atoms with E-state index in [0.717, 1.165) is 22.3 Å². The molecule has 0 aliphatic rings. The summed E-state index contributed by atoms with van der Waals surface area (Å²) < 4.78 is 0. The van der Waals surface area contributed by atoms with Crippen molar-refractivity contribution in [1.82, 2.24) is 0 Å². The van der Waals surface area contributed by atoms with E-state index in [1.165, 1.54) is 16.5 Å². The van der Waals surface area contributed by atoms with E-state index in [-0.39, 0.29) is 6.42 Å². The average molecular weight is 305 g/mol. The highest BCUT2D eigenvalue weighted by Gasteiger charge is 2.11. The van der Waals surface area contributed by atoms with Crippen molar-refractivity contribution in [3.63, 3.8) is 0 Å². The molecule has 3 nitrogen and oxygen atoms in total. The van der Waals surface area contributed by atoms with Crippen molar-refractivity contribution in [2.24, 2.45) is 0 Å². The average Bonchev–Trinajstić information content (AvgIpc) is 2.53. The number of aryl methyl sites for hydroxylation is 1. The van der Waals surface area contributed by atoms with Gasteiger partial charge in [-0.25, -0.2) is 0 Å². The zero-order chi connectivity index (χ0) is 16.4. The van der Waals surface area contributed by atoms with Crippen molar-refractivity contribution in [3.05, 3.63) is 71.3 Å². The fourth-order valence-corrected chi connectivity index (χ4v) is 2.85. The van der Waals surface area contributed by atoms with Gasteiger partial charge >= 0.3 is 5.97 Å². The van der Waals surface area contributed by atoms with Gasteiger partial charge in [0, 0.05) is 16.8 Å². The van der Waals surface area contributed by atoms with Crippen LogP contribution in [0.3, 0.4) is 0 Å². The maximum atomic E-state index is 11.1. The van der Waals surface area contributed by atoms with Gasteiger partial charge in [-0.15, -0.1) is 0 Å². The smallest absolute Gasteiger partial charge is 0.307 e. The lowest BCUT2D eigenvalue weighted by molar-refractivity contribution is -0.136. The number of rotatable bonds is 4. The fourth-order valence-electron chi connectivity index (χ4n) is 2.85. The number of hydrogen-bond acceptors (Lipinski definition) is 2. The summed E-state index contributed by atoms with van der Waals surface area (Å²) in [4.78, 5) is 11.1. The third-order valence-corrected chi connectivity index (χ3v) is 4.19. The molecule has 0 spiro atoms. The van der Waals surface area contributed by atoms with Gasteiger partial charge in [0.15, 0.2) is 0 Å². The van der Waals surface area contributed by atoms with Crippen molar-refractivity contribution >= 4 is 28.1 Å². The van der Waals surface area contributed by atoms with Crippen LogP contribution in [0.15, 0.2) is 54.6 Å². The molecule has 0 aliphatic carbocycles.